The molecule has 9 heteroatoms. The summed E-state index contributed by atoms with van der Waals surface area (Å²) in [4.78, 5) is 51.8. The van der Waals surface area contributed by atoms with Crippen molar-refractivity contribution in [2.24, 2.45) is 17.8 Å². The summed E-state index contributed by atoms with van der Waals surface area (Å²) in [6.07, 6.45) is 4.67. The summed E-state index contributed by atoms with van der Waals surface area (Å²) in [5.74, 6) is -1.67. The largest absolute Gasteiger partial charge is 0.394 e. The Morgan fingerprint density at radius 3 is 2.21 bits per heavy atom. The molecule has 2 aromatic rings. The van der Waals surface area contributed by atoms with Crippen molar-refractivity contribution in [1.82, 2.24) is 9.80 Å². The second kappa shape index (κ2) is 14.7. The Bertz CT molecular complexity index is 1440. The van der Waals surface area contributed by atoms with Gasteiger partial charge >= 0.3 is 0 Å². The minimum atomic E-state index is -0.829. The Morgan fingerprint density at radius 2 is 1.64 bits per heavy atom. The predicted octanol–water partition coefficient (Wildman–Crippen LogP) is 5.37. The molecular weight excluding hydrogens is 609 g/mol. The summed E-state index contributed by atoms with van der Waals surface area (Å²) in [5.41, 5.74) is 2.81. The van der Waals surface area contributed by atoms with Crippen LogP contribution in [0.2, 0.25) is 0 Å². The number of fused-ring (bicyclic) bond motifs is 1. The first-order chi connectivity index (χ1) is 22.7. The summed E-state index contributed by atoms with van der Waals surface area (Å²) in [6, 6.07) is 16.5. The molecule has 0 radical (unpaired) electrons. The third-order valence-corrected chi connectivity index (χ3v) is 12.6. The van der Waals surface area contributed by atoms with E-state index in [1.54, 1.807) is 38.6 Å². The number of hydrogen-bond acceptors (Lipinski definition) is 6. The van der Waals surface area contributed by atoms with Crippen LogP contribution in [0.1, 0.15) is 46.1 Å². The van der Waals surface area contributed by atoms with Crippen LogP contribution in [0.15, 0.2) is 79.9 Å². The molecule has 5 rings (SSSR count). The first-order valence-electron chi connectivity index (χ1n) is 17.0. The molecule has 0 aromatic heterocycles. The summed E-state index contributed by atoms with van der Waals surface area (Å²) < 4.78 is -0.797. The van der Waals surface area contributed by atoms with Crippen molar-refractivity contribution in [3.8, 4) is 0 Å². The quantitative estimate of drug-likeness (QED) is 0.259. The lowest BCUT2D eigenvalue weighted by Gasteiger charge is -2.42. The molecule has 3 saturated heterocycles. The number of benzene rings is 2. The minimum absolute atomic E-state index is 0.0169. The van der Waals surface area contributed by atoms with Gasteiger partial charge in [-0.25, -0.2) is 0 Å². The lowest BCUT2D eigenvalue weighted by molar-refractivity contribution is -0.146. The van der Waals surface area contributed by atoms with Crippen molar-refractivity contribution in [3.05, 3.63) is 85.5 Å². The van der Waals surface area contributed by atoms with Crippen LogP contribution in [0.4, 0.5) is 11.4 Å². The van der Waals surface area contributed by atoms with Crippen molar-refractivity contribution in [3.63, 3.8) is 0 Å². The summed E-state index contributed by atoms with van der Waals surface area (Å²) in [5, 5.41) is 10.5. The smallest absolute Gasteiger partial charge is 0.251 e. The van der Waals surface area contributed by atoms with Crippen LogP contribution in [0.25, 0.3) is 0 Å². The van der Waals surface area contributed by atoms with Crippen molar-refractivity contribution in [2.75, 3.05) is 42.6 Å². The molecule has 252 valence electrons. The van der Waals surface area contributed by atoms with Crippen LogP contribution >= 0.6 is 11.8 Å². The van der Waals surface area contributed by atoms with Crippen LogP contribution in [0, 0.1) is 17.8 Å². The molecule has 3 amide bonds. The number of amides is 3. The zero-order valence-electron chi connectivity index (χ0n) is 28.3. The maximum Gasteiger partial charge on any atom is 0.251 e. The fourth-order valence-electron chi connectivity index (χ4n) is 8.26. The highest BCUT2D eigenvalue weighted by molar-refractivity contribution is 8.02. The van der Waals surface area contributed by atoms with E-state index in [0.29, 0.717) is 19.5 Å². The molecule has 3 fully saturated rings. The van der Waals surface area contributed by atoms with Gasteiger partial charge in [-0.15, -0.1) is 24.9 Å². The Kier molecular flexibility index (Phi) is 10.9. The van der Waals surface area contributed by atoms with Gasteiger partial charge in [0.05, 0.1) is 29.2 Å². The maximum absolute atomic E-state index is 15.1. The van der Waals surface area contributed by atoms with Gasteiger partial charge in [0, 0.05) is 49.3 Å². The average Bonchev–Trinajstić information content (AvgIpc) is 3.68. The standard InChI is InChI=1S/C38H50N4O4S/c1-7-21-40(24-27-15-13-12-14-16-27)35(44)32-31-23-26(6)38(47-31)33(32)36(45)42(28(9-3)25-43)34(38)37(46)41(22-8-2)30-19-17-29(18-20-30)39(10-4)11-5/h7-8,12-20,26,28,31-34,43H,1-2,9-11,21-25H2,3-6H3/t26?,28-,31-,32+,33-,34?,38?/m0/s1. The monoisotopic (exact) mass is 658 g/mol. The van der Waals surface area contributed by atoms with E-state index < -0.39 is 28.7 Å². The zero-order valence-corrected chi connectivity index (χ0v) is 29.1. The molecule has 2 bridgehead atoms. The van der Waals surface area contributed by atoms with E-state index in [9.17, 15) is 14.7 Å². The van der Waals surface area contributed by atoms with Crippen molar-refractivity contribution < 1.29 is 19.5 Å². The number of rotatable bonds is 15. The van der Waals surface area contributed by atoms with Gasteiger partial charge in [0.2, 0.25) is 11.8 Å². The highest BCUT2D eigenvalue weighted by Crippen LogP contribution is 2.69. The predicted molar refractivity (Wildman–Crippen MR) is 191 cm³/mol. The number of carbonyl (C=O) groups is 3. The van der Waals surface area contributed by atoms with Gasteiger partial charge in [-0.1, -0.05) is 56.3 Å². The number of anilines is 2. The maximum atomic E-state index is 15.1. The third kappa shape index (κ3) is 6.01. The van der Waals surface area contributed by atoms with Crippen LogP contribution in [-0.4, -0.2) is 87.5 Å². The summed E-state index contributed by atoms with van der Waals surface area (Å²) >= 11 is 1.66. The molecule has 7 atom stereocenters. The highest BCUT2D eigenvalue weighted by atomic mass is 32.2. The van der Waals surface area contributed by atoms with Crippen LogP contribution in [0.3, 0.4) is 0 Å². The average molecular weight is 659 g/mol. The normalized spacial score (nSPS) is 26.5. The fraction of sp³-hybridized carbons (Fsp3) is 0.500. The lowest BCUT2D eigenvalue weighted by atomic mass is 9.65. The Hall–Kier alpha value is -3.56. The second-order valence-corrected chi connectivity index (χ2v) is 14.5. The lowest BCUT2D eigenvalue weighted by Crippen LogP contribution is -2.59. The Balaban J connectivity index is 1.56. The zero-order chi connectivity index (χ0) is 33.9. The second-order valence-electron chi connectivity index (χ2n) is 13.0. The molecule has 0 aliphatic carbocycles. The number of aliphatic hydroxyl groups is 1. The van der Waals surface area contributed by atoms with E-state index in [2.05, 4.69) is 38.8 Å². The van der Waals surface area contributed by atoms with E-state index in [0.717, 1.165) is 36.4 Å². The molecule has 0 saturated carbocycles. The summed E-state index contributed by atoms with van der Waals surface area (Å²) in [6.45, 7) is 18.7. The van der Waals surface area contributed by atoms with E-state index >= 15 is 4.79 Å². The van der Waals surface area contributed by atoms with Crippen LogP contribution < -0.4 is 9.80 Å². The third-order valence-electron chi connectivity index (χ3n) is 10.5. The molecule has 8 nitrogen and oxygen atoms in total. The number of nitrogens with zero attached hydrogens (tertiary/aromatic N) is 4. The molecule has 3 aliphatic heterocycles. The van der Waals surface area contributed by atoms with Gasteiger partial charge in [0.15, 0.2) is 0 Å². The van der Waals surface area contributed by atoms with Crippen LogP contribution in [-0.2, 0) is 20.9 Å². The van der Waals surface area contributed by atoms with E-state index in [-0.39, 0.29) is 42.0 Å². The molecular formula is C38H50N4O4S. The number of carbonyl (C=O) groups excluding carboxylic acids is 3. The van der Waals surface area contributed by atoms with Gasteiger partial charge in [0.1, 0.15) is 6.04 Å². The Labute approximate surface area is 284 Å². The first-order valence-corrected chi connectivity index (χ1v) is 17.9. The SMILES string of the molecule is C=CCN(Cc1ccccc1)C(=O)[C@@H]1[C@@H]2CC(C)C3(S2)C(C(=O)N(CC=C)c2ccc(N(CC)CC)cc2)N([C@@H](CC)CO)C(=O)[C@H]13. The fourth-order valence-corrected chi connectivity index (χ4v) is 10.7. The topological polar surface area (TPSA) is 84.4 Å². The number of likely N-dealkylation sites (tertiary alicyclic amines) is 1. The number of thioether (sulfide) groups is 1. The van der Waals surface area contributed by atoms with E-state index in [1.165, 1.54) is 0 Å². The van der Waals surface area contributed by atoms with E-state index in [1.807, 2.05) is 61.5 Å². The van der Waals surface area contributed by atoms with Gasteiger partial charge in [-0.2, -0.15) is 0 Å². The van der Waals surface area contributed by atoms with Gasteiger partial charge in [-0.3, -0.25) is 14.4 Å². The molecule has 1 spiro atoms. The molecule has 3 aliphatic rings. The molecule has 2 aromatic carbocycles. The van der Waals surface area contributed by atoms with Crippen molar-refractivity contribution in [2.45, 2.75) is 69.2 Å². The van der Waals surface area contributed by atoms with Crippen molar-refractivity contribution in [1.29, 1.82) is 0 Å². The van der Waals surface area contributed by atoms with Gasteiger partial charge in [0.25, 0.3) is 5.91 Å². The van der Waals surface area contributed by atoms with E-state index in [4.69, 9.17) is 0 Å². The highest BCUT2D eigenvalue weighted by Gasteiger charge is 2.77. The number of hydrogen-bond donors (Lipinski definition) is 1. The van der Waals surface area contributed by atoms with Gasteiger partial charge < -0.3 is 24.7 Å². The molecule has 47 heavy (non-hydrogen) atoms. The minimum Gasteiger partial charge on any atom is -0.394 e. The summed E-state index contributed by atoms with van der Waals surface area (Å²) in [7, 11) is 0. The van der Waals surface area contributed by atoms with Crippen molar-refractivity contribution >= 4 is 40.9 Å². The number of aliphatic hydroxyl groups excluding tert-OH is 1. The van der Waals surface area contributed by atoms with Crippen LogP contribution in [0.5, 0.6) is 0 Å². The molecule has 3 unspecified atom stereocenters. The van der Waals surface area contributed by atoms with Gasteiger partial charge in [-0.05, 0) is 62.4 Å². The molecule has 3 heterocycles. The first kappa shape index (κ1) is 34.8. The molecule has 1 N–H and O–H groups in total. The Morgan fingerprint density at radius 1 is 1.00 bits per heavy atom.